The van der Waals surface area contributed by atoms with E-state index in [1.54, 1.807) is 6.08 Å². The minimum atomic E-state index is 0.467. The van der Waals surface area contributed by atoms with E-state index in [-0.39, 0.29) is 0 Å². The van der Waals surface area contributed by atoms with Crippen LogP contribution in [0.5, 0.6) is 5.75 Å². The number of hydrogen-bond acceptors (Lipinski definition) is 2. The molecule has 0 heterocycles. The normalized spacial score (nSPS) is 10.8. The molecule has 0 aliphatic carbocycles. The van der Waals surface area contributed by atoms with Crippen molar-refractivity contribution in [3.05, 3.63) is 34.9 Å². The summed E-state index contributed by atoms with van der Waals surface area (Å²) in [6, 6.07) is 3.83. The van der Waals surface area contributed by atoms with Gasteiger partial charge in [0.2, 0.25) is 0 Å². The first-order chi connectivity index (χ1) is 6.66. The van der Waals surface area contributed by atoms with Gasteiger partial charge < -0.3 is 10.5 Å². The fraction of sp³-hybridized carbons (Fsp3) is 0.273. The monoisotopic (exact) mass is 211 g/mol. The molecule has 0 fully saturated rings. The van der Waals surface area contributed by atoms with Crippen LogP contribution in [0.2, 0.25) is 0 Å². The number of ether oxygens (including phenoxy) is 1. The van der Waals surface area contributed by atoms with Gasteiger partial charge in [0, 0.05) is 16.8 Å². The molecule has 0 aromatic heterocycles. The molecule has 0 bridgehead atoms. The van der Waals surface area contributed by atoms with Gasteiger partial charge >= 0.3 is 0 Å². The summed E-state index contributed by atoms with van der Waals surface area (Å²) in [5, 5.41) is 0. The maximum atomic E-state index is 5.77. The Kier molecular flexibility index (Phi) is 3.84. The van der Waals surface area contributed by atoms with Gasteiger partial charge in [-0.15, -0.1) is 0 Å². The van der Waals surface area contributed by atoms with Crippen LogP contribution in [0.1, 0.15) is 11.1 Å². The van der Waals surface area contributed by atoms with Crippen molar-refractivity contribution in [2.24, 2.45) is 0 Å². The second kappa shape index (κ2) is 4.91. The van der Waals surface area contributed by atoms with E-state index in [0.717, 1.165) is 22.6 Å². The number of hydrogen-bond donors (Lipinski definition) is 1. The molecule has 0 unspecified atom stereocenters. The third-order valence-corrected chi connectivity index (χ3v) is 2.24. The molecule has 0 amide bonds. The van der Waals surface area contributed by atoms with Crippen LogP contribution in [0.4, 0.5) is 5.69 Å². The van der Waals surface area contributed by atoms with Gasteiger partial charge in [0.25, 0.3) is 0 Å². The summed E-state index contributed by atoms with van der Waals surface area (Å²) in [6.45, 7) is 4.41. The highest BCUT2D eigenvalue weighted by Crippen LogP contribution is 2.27. The average Bonchev–Trinajstić information content (AvgIpc) is 2.18. The highest BCUT2D eigenvalue weighted by molar-refractivity contribution is 6.25. The Hall–Kier alpha value is -1.15. The molecular formula is C11H14ClNO. The Bertz CT molecular complexity index is 347. The minimum absolute atomic E-state index is 0.467. The Morgan fingerprint density at radius 1 is 1.43 bits per heavy atom. The summed E-state index contributed by atoms with van der Waals surface area (Å²) < 4.78 is 5.54. The molecule has 0 aliphatic rings. The number of halogens is 1. The SMILES string of the molecule is Cc1ccc(N)c(C)c1OC/C=C/Cl. The molecule has 0 atom stereocenters. The van der Waals surface area contributed by atoms with E-state index in [1.807, 2.05) is 26.0 Å². The summed E-state index contributed by atoms with van der Waals surface area (Å²) >= 11 is 5.39. The zero-order valence-corrected chi connectivity index (χ0v) is 9.14. The Labute approximate surface area is 89.3 Å². The molecule has 0 spiro atoms. The second-order valence-electron chi connectivity index (χ2n) is 3.10. The molecule has 1 aromatic carbocycles. The van der Waals surface area contributed by atoms with E-state index < -0.39 is 0 Å². The minimum Gasteiger partial charge on any atom is -0.489 e. The predicted octanol–water partition coefficient (Wildman–Crippen LogP) is 3.02. The molecule has 2 N–H and O–H groups in total. The molecule has 0 saturated carbocycles. The van der Waals surface area contributed by atoms with E-state index in [2.05, 4.69) is 0 Å². The fourth-order valence-corrected chi connectivity index (χ4v) is 1.30. The highest BCUT2D eigenvalue weighted by atomic mass is 35.5. The lowest BCUT2D eigenvalue weighted by molar-refractivity contribution is 0.358. The van der Waals surface area contributed by atoms with Crippen molar-refractivity contribution in [2.45, 2.75) is 13.8 Å². The topological polar surface area (TPSA) is 35.2 Å². The van der Waals surface area contributed by atoms with Gasteiger partial charge in [-0.25, -0.2) is 0 Å². The zero-order chi connectivity index (χ0) is 10.6. The van der Waals surface area contributed by atoms with Crippen LogP contribution in [0.3, 0.4) is 0 Å². The van der Waals surface area contributed by atoms with Crippen LogP contribution < -0.4 is 10.5 Å². The molecule has 0 radical (unpaired) electrons. The maximum absolute atomic E-state index is 5.77. The van der Waals surface area contributed by atoms with E-state index in [9.17, 15) is 0 Å². The number of nitrogens with two attached hydrogens (primary N) is 1. The fourth-order valence-electron chi connectivity index (χ4n) is 1.23. The molecule has 14 heavy (non-hydrogen) atoms. The number of anilines is 1. The molecule has 1 aromatic rings. The molecular weight excluding hydrogens is 198 g/mol. The zero-order valence-electron chi connectivity index (χ0n) is 8.38. The van der Waals surface area contributed by atoms with E-state index in [1.165, 1.54) is 5.54 Å². The van der Waals surface area contributed by atoms with Gasteiger partial charge in [-0.05, 0) is 31.6 Å². The molecule has 3 heteroatoms. The third-order valence-electron chi connectivity index (χ3n) is 2.06. The smallest absolute Gasteiger partial charge is 0.127 e. The summed E-state index contributed by atoms with van der Waals surface area (Å²) in [5.74, 6) is 0.847. The lowest BCUT2D eigenvalue weighted by atomic mass is 10.1. The summed E-state index contributed by atoms with van der Waals surface area (Å²) in [6.07, 6.45) is 1.74. The van der Waals surface area contributed by atoms with E-state index in [4.69, 9.17) is 22.1 Å². The molecule has 0 aliphatic heterocycles. The largest absolute Gasteiger partial charge is 0.489 e. The van der Waals surface area contributed by atoms with Crippen LogP contribution in [-0.4, -0.2) is 6.61 Å². The Balaban J connectivity index is 2.89. The molecule has 1 rings (SSSR count). The Morgan fingerprint density at radius 2 is 2.14 bits per heavy atom. The highest BCUT2D eigenvalue weighted by Gasteiger charge is 2.05. The van der Waals surface area contributed by atoms with Gasteiger partial charge in [-0.1, -0.05) is 17.7 Å². The second-order valence-corrected chi connectivity index (χ2v) is 3.35. The number of benzene rings is 1. The summed E-state index contributed by atoms with van der Waals surface area (Å²) in [7, 11) is 0. The number of aryl methyl sites for hydroxylation is 1. The van der Waals surface area contributed by atoms with E-state index in [0.29, 0.717) is 6.61 Å². The van der Waals surface area contributed by atoms with Gasteiger partial charge in [0.1, 0.15) is 12.4 Å². The van der Waals surface area contributed by atoms with E-state index >= 15 is 0 Å². The third kappa shape index (κ3) is 2.42. The molecule has 0 saturated heterocycles. The lowest BCUT2D eigenvalue weighted by Crippen LogP contribution is -2.00. The summed E-state index contributed by atoms with van der Waals surface area (Å²) in [5.41, 5.74) is 10.0. The van der Waals surface area contributed by atoms with Crippen molar-refractivity contribution in [2.75, 3.05) is 12.3 Å². The predicted molar refractivity (Wildman–Crippen MR) is 60.8 cm³/mol. The van der Waals surface area contributed by atoms with Crippen LogP contribution >= 0.6 is 11.6 Å². The van der Waals surface area contributed by atoms with Crippen molar-refractivity contribution in [3.8, 4) is 5.75 Å². The quantitative estimate of drug-likeness (QED) is 0.781. The summed E-state index contributed by atoms with van der Waals surface area (Å²) in [4.78, 5) is 0. The average molecular weight is 212 g/mol. The van der Waals surface area contributed by atoms with Gasteiger partial charge in [-0.2, -0.15) is 0 Å². The van der Waals surface area contributed by atoms with Crippen molar-refractivity contribution >= 4 is 17.3 Å². The van der Waals surface area contributed by atoms with Crippen LogP contribution in [0.25, 0.3) is 0 Å². The first-order valence-corrected chi connectivity index (χ1v) is 4.84. The van der Waals surface area contributed by atoms with Crippen molar-refractivity contribution in [3.63, 3.8) is 0 Å². The van der Waals surface area contributed by atoms with Gasteiger partial charge in [0.05, 0.1) is 0 Å². The van der Waals surface area contributed by atoms with Gasteiger partial charge in [-0.3, -0.25) is 0 Å². The molecule has 2 nitrogen and oxygen atoms in total. The first kappa shape index (κ1) is 10.9. The maximum Gasteiger partial charge on any atom is 0.127 e. The van der Waals surface area contributed by atoms with Gasteiger partial charge in [0.15, 0.2) is 0 Å². The standard InChI is InChI=1S/C11H14ClNO/c1-8-4-5-10(13)9(2)11(8)14-7-3-6-12/h3-6H,7,13H2,1-2H3/b6-3+. The van der Waals surface area contributed by atoms with Crippen LogP contribution in [0, 0.1) is 13.8 Å². The Morgan fingerprint density at radius 3 is 2.79 bits per heavy atom. The van der Waals surface area contributed by atoms with Crippen molar-refractivity contribution in [1.82, 2.24) is 0 Å². The number of rotatable bonds is 3. The van der Waals surface area contributed by atoms with Crippen molar-refractivity contribution in [1.29, 1.82) is 0 Å². The lowest BCUT2D eigenvalue weighted by Gasteiger charge is -2.12. The van der Waals surface area contributed by atoms with Crippen molar-refractivity contribution < 1.29 is 4.74 Å². The van der Waals surface area contributed by atoms with Crippen LogP contribution in [-0.2, 0) is 0 Å². The molecule has 76 valence electrons. The van der Waals surface area contributed by atoms with Crippen LogP contribution in [0.15, 0.2) is 23.7 Å². The number of nitrogen functional groups attached to an aromatic ring is 1. The first-order valence-electron chi connectivity index (χ1n) is 4.40.